The third kappa shape index (κ3) is 4.40. The van der Waals surface area contributed by atoms with Crippen LogP contribution in [0.5, 0.6) is 0 Å². The van der Waals surface area contributed by atoms with E-state index in [1.54, 1.807) is 0 Å². The second kappa shape index (κ2) is 7.52. The lowest BCUT2D eigenvalue weighted by Crippen LogP contribution is -2.33. The van der Waals surface area contributed by atoms with E-state index in [9.17, 15) is 0 Å². The first-order valence-corrected chi connectivity index (χ1v) is 7.87. The molecule has 0 saturated carbocycles. The van der Waals surface area contributed by atoms with Crippen molar-refractivity contribution in [3.8, 4) is 0 Å². The standard InChI is InChI=1S/C14H23N5S/c1-12(2)18(11-14-5-4-8-20-14)6-7-19-10-13(9-15-3)16-17-19/h4-5,8,10,12,15H,6-7,9,11H2,1-3H3. The van der Waals surface area contributed by atoms with Crippen LogP contribution in [0.2, 0.25) is 0 Å². The van der Waals surface area contributed by atoms with Gasteiger partial charge in [-0.1, -0.05) is 11.3 Å². The minimum Gasteiger partial charge on any atom is -0.314 e. The van der Waals surface area contributed by atoms with Crippen molar-refractivity contribution in [1.82, 2.24) is 25.2 Å². The van der Waals surface area contributed by atoms with E-state index in [2.05, 4.69) is 51.9 Å². The van der Waals surface area contributed by atoms with Crippen molar-refractivity contribution < 1.29 is 0 Å². The van der Waals surface area contributed by atoms with Crippen molar-refractivity contribution in [2.24, 2.45) is 0 Å². The summed E-state index contributed by atoms with van der Waals surface area (Å²) in [5, 5.41) is 13.5. The fraction of sp³-hybridized carbons (Fsp3) is 0.571. The van der Waals surface area contributed by atoms with E-state index in [-0.39, 0.29) is 0 Å². The van der Waals surface area contributed by atoms with E-state index in [4.69, 9.17) is 0 Å². The van der Waals surface area contributed by atoms with Gasteiger partial charge in [0.05, 0.1) is 12.2 Å². The lowest BCUT2D eigenvalue weighted by atomic mass is 10.3. The Morgan fingerprint density at radius 3 is 2.95 bits per heavy atom. The number of thiophene rings is 1. The number of aromatic nitrogens is 3. The molecule has 0 aliphatic heterocycles. The van der Waals surface area contributed by atoms with E-state index >= 15 is 0 Å². The van der Waals surface area contributed by atoms with Gasteiger partial charge in [-0.05, 0) is 32.3 Å². The van der Waals surface area contributed by atoms with Crippen LogP contribution in [-0.2, 0) is 19.6 Å². The zero-order valence-electron chi connectivity index (χ0n) is 12.4. The molecule has 0 fully saturated rings. The molecular weight excluding hydrogens is 270 g/mol. The summed E-state index contributed by atoms with van der Waals surface area (Å²) >= 11 is 1.82. The molecule has 0 saturated heterocycles. The van der Waals surface area contributed by atoms with Crippen molar-refractivity contribution in [2.45, 2.75) is 39.5 Å². The van der Waals surface area contributed by atoms with E-state index in [0.717, 1.165) is 31.9 Å². The van der Waals surface area contributed by atoms with Gasteiger partial charge in [0.15, 0.2) is 0 Å². The molecule has 2 heterocycles. The van der Waals surface area contributed by atoms with Crippen LogP contribution < -0.4 is 5.32 Å². The van der Waals surface area contributed by atoms with Crippen molar-refractivity contribution in [2.75, 3.05) is 13.6 Å². The topological polar surface area (TPSA) is 46.0 Å². The zero-order chi connectivity index (χ0) is 14.4. The molecule has 5 nitrogen and oxygen atoms in total. The molecule has 110 valence electrons. The molecule has 0 radical (unpaired) electrons. The highest BCUT2D eigenvalue weighted by molar-refractivity contribution is 7.09. The summed E-state index contributed by atoms with van der Waals surface area (Å²) in [6.07, 6.45) is 2.01. The predicted octanol–water partition coefficient (Wildman–Crippen LogP) is 1.97. The second-order valence-corrected chi connectivity index (χ2v) is 6.18. The van der Waals surface area contributed by atoms with Gasteiger partial charge in [0, 0.05) is 36.8 Å². The molecule has 2 aromatic heterocycles. The molecule has 0 aliphatic carbocycles. The molecule has 0 aliphatic rings. The van der Waals surface area contributed by atoms with Crippen LogP contribution in [0.3, 0.4) is 0 Å². The number of nitrogens with zero attached hydrogens (tertiary/aromatic N) is 4. The van der Waals surface area contributed by atoms with Crippen LogP contribution in [0.1, 0.15) is 24.4 Å². The molecule has 2 rings (SSSR count). The van der Waals surface area contributed by atoms with Gasteiger partial charge in [0.2, 0.25) is 0 Å². The van der Waals surface area contributed by atoms with Crippen molar-refractivity contribution in [1.29, 1.82) is 0 Å². The average molecular weight is 293 g/mol. The van der Waals surface area contributed by atoms with Crippen LogP contribution in [-0.4, -0.2) is 39.5 Å². The summed E-state index contributed by atoms with van der Waals surface area (Å²) < 4.78 is 1.93. The van der Waals surface area contributed by atoms with E-state index in [1.807, 2.05) is 29.3 Å². The maximum Gasteiger partial charge on any atom is 0.0964 e. The van der Waals surface area contributed by atoms with Gasteiger partial charge in [-0.15, -0.1) is 16.4 Å². The molecule has 0 aromatic carbocycles. The molecule has 0 unspecified atom stereocenters. The average Bonchev–Trinajstić information content (AvgIpc) is 3.06. The van der Waals surface area contributed by atoms with Crippen molar-refractivity contribution in [3.05, 3.63) is 34.3 Å². The van der Waals surface area contributed by atoms with Crippen LogP contribution >= 0.6 is 11.3 Å². The van der Waals surface area contributed by atoms with E-state index in [0.29, 0.717) is 6.04 Å². The molecule has 20 heavy (non-hydrogen) atoms. The smallest absolute Gasteiger partial charge is 0.0964 e. The minimum atomic E-state index is 0.525. The second-order valence-electron chi connectivity index (χ2n) is 5.15. The van der Waals surface area contributed by atoms with Gasteiger partial charge >= 0.3 is 0 Å². The molecule has 0 spiro atoms. The normalized spacial score (nSPS) is 11.7. The highest BCUT2D eigenvalue weighted by atomic mass is 32.1. The number of rotatable bonds is 8. The summed E-state index contributed by atoms with van der Waals surface area (Å²) in [5.74, 6) is 0. The van der Waals surface area contributed by atoms with Gasteiger partial charge in [0.25, 0.3) is 0 Å². The highest BCUT2D eigenvalue weighted by Gasteiger charge is 2.11. The van der Waals surface area contributed by atoms with Crippen LogP contribution in [0.25, 0.3) is 0 Å². The first-order chi connectivity index (χ1) is 9.69. The SMILES string of the molecule is CNCc1cn(CCN(Cc2cccs2)C(C)C)nn1. The molecule has 0 atom stereocenters. The van der Waals surface area contributed by atoms with Gasteiger partial charge in [-0.25, -0.2) is 0 Å². The van der Waals surface area contributed by atoms with Gasteiger partial charge < -0.3 is 5.32 Å². The Labute approximate surface area is 124 Å². The minimum absolute atomic E-state index is 0.525. The largest absolute Gasteiger partial charge is 0.314 e. The fourth-order valence-electron chi connectivity index (χ4n) is 2.06. The number of nitrogens with one attached hydrogen (secondary N) is 1. The quantitative estimate of drug-likeness (QED) is 0.808. The van der Waals surface area contributed by atoms with Crippen LogP contribution in [0.4, 0.5) is 0 Å². The lowest BCUT2D eigenvalue weighted by molar-refractivity contribution is 0.203. The lowest BCUT2D eigenvalue weighted by Gasteiger charge is -2.25. The fourth-order valence-corrected chi connectivity index (χ4v) is 2.79. The third-order valence-corrected chi connectivity index (χ3v) is 4.09. The maximum absolute atomic E-state index is 4.17. The Bertz CT molecular complexity index is 491. The number of hydrogen-bond donors (Lipinski definition) is 1. The first-order valence-electron chi connectivity index (χ1n) is 6.99. The Kier molecular flexibility index (Phi) is 5.70. The predicted molar refractivity (Wildman–Crippen MR) is 82.7 cm³/mol. The van der Waals surface area contributed by atoms with Crippen LogP contribution in [0, 0.1) is 0 Å². The van der Waals surface area contributed by atoms with Gasteiger partial charge in [0.1, 0.15) is 0 Å². The van der Waals surface area contributed by atoms with E-state index < -0.39 is 0 Å². The molecule has 1 N–H and O–H groups in total. The number of hydrogen-bond acceptors (Lipinski definition) is 5. The molecule has 6 heteroatoms. The first kappa shape index (κ1) is 15.2. The summed E-state index contributed by atoms with van der Waals surface area (Å²) in [6.45, 7) is 8.11. The van der Waals surface area contributed by atoms with Gasteiger partial charge in [-0.2, -0.15) is 0 Å². The van der Waals surface area contributed by atoms with Crippen LogP contribution in [0.15, 0.2) is 23.7 Å². The highest BCUT2D eigenvalue weighted by Crippen LogP contribution is 2.13. The zero-order valence-corrected chi connectivity index (χ0v) is 13.2. The maximum atomic E-state index is 4.17. The molecule has 2 aromatic rings. The Hall–Kier alpha value is -1.24. The molecular formula is C14H23N5S. The van der Waals surface area contributed by atoms with Gasteiger partial charge in [-0.3, -0.25) is 9.58 Å². The van der Waals surface area contributed by atoms with E-state index in [1.165, 1.54) is 4.88 Å². The van der Waals surface area contributed by atoms with Crippen molar-refractivity contribution in [3.63, 3.8) is 0 Å². The third-order valence-electron chi connectivity index (χ3n) is 3.23. The van der Waals surface area contributed by atoms with Crippen molar-refractivity contribution >= 4 is 11.3 Å². The summed E-state index contributed by atoms with van der Waals surface area (Å²) in [4.78, 5) is 3.87. The Morgan fingerprint density at radius 2 is 2.30 bits per heavy atom. The summed E-state index contributed by atoms with van der Waals surface area (Å²) in [6, 6.07) is 4.83. The molecule has 0 amide bonds. The summed E-state index contributed by atoms with van der Waals surface area (Å²) in [7, 11) is 1.92. The Morgan fingerprint density at radius 1 is 1.45 bits per heavy atom. The molecule has 0 bridgehead atoms. The monoisotopic (exact) mass is 293 g/mol. The Balaban J connectivity index is 1.88. The summed E-state index contributed by atoms with van der Waals surface area (Å²) in [5.41, 5.74) is 0.988.